The van der Waals surface area contributed by atoms with Gasteiger partial charge in [0.25, 0.3) is 0 Å². The van der Waals surface area contributed by atoms with E-state index in [9.17, 15) is 22.4 Å². The summed E-state index contributed by atoms with van der Waals surface area (Å²) in [6, 6.07) is 3.67. The number of carbonyl (C=O) groups excluding carboxylic acids is 1. The lowest BCUT2D eigenvalue weighted by Gasteiger charge is -2.25. The zero-order chi connectivity index (χ0) is 23.6. The summed E-state index contributed by atoms with van der Waals surface area (Å²) in [6.45, 7) is 2.84. The summed E-state index contributed by atoms with van der Waals surface area (Å²) in [6.07, 6.45) is -4.63. The fraction of sp³-hybridized carbons (Fsp3) is 0.263. The Morgan fingerprint density at radius 1 is 1.22 bits per heavy atom. The third-order valence-corrected chi connectivity index (χ3v) is 4.63. The number of hydrogen-bond donors (Lipinski definition) is 2. The molecule has 0 bridgehead atoms. The number of anilines is 2. The molecule has 0 spiro atoms. The number of ether oxygens (including phenoxy) is 1. The fourth-order valence-electron chi connectivity index (χ4n) is 2.93. The molecular formula is C19H17ClF4N6O2. The molecule has 3 rings (SSSR count). The monoisotopic (exact) mass is 472 g/mol. The van der Waals surface area contributed by atoms with E-state index in [-0.39, 0.29) is 34.6 Å². The van der Waals surface area contributed by atoms with Crippen LogP contribution < -0.4 is 15.0 Å². The first kappa shape index (κ1) is 23.3. The third-order valence-electron chi connectivity index (χ3n) is 4.34. The van der Waals surface area contributed by atoms with E-state index in [1.165, 1.54) is 19.2 Å². The van der Waals surface area contributed by atoms with E-state index in [4.69, 9.17) is 16.3 Å². The Balaban J connectivity index is 2.00. The zero-order valence-corrected chi connectivity index (χ0v) is 17.8. The number of benzene rings is 1. The van der Waals surface area contributed by atoms with E-state index in [0.717, 1.165) is 17.0 Å². The van der Waals surface area contributed by atoms with Gasteiger partial charge in [0, 0.05) is 5.69 Å². The van der Waals surface area contributed by atoms with E-state index in [1.54, 1.807) is 13.8 Å². The number of H-pyrrole nitrogens is 1. The van der Waals surface area contributed by atoms with Crippen LogP contribution in [0.15, 0.2) is 24.3 Å². The molecule has 0 aliphatic heterocycles. The summed E-state index contributed by atoms with van der Waals surface area (Å²) >= 11 is 5.76. The first-order valence-electron chi connectivity index (χ1n) is 9.04. The van der Waals surface area contributed by atoms with Crippen LogP contribution in [0.4, 0.5) is 33.7 Å². The molecule has 0 fully saturated rings. The second-order valence-corrected chi connectivity index (χ2v) is 7.05. The van der Waals surface area contributed by atoms with Gasteiger partial charge in [-0.2, -0.15) is 28.2 Å². The van der Waals surface area contributed by atoms with Gasteiger partial charge in [0.1, 0.15) is 11.5 Å². The SMILES string of the molecule is COc1nc(C)c(N(Cc2cc(C(F)(F)F)[nH]n2)C(=O)Nc2ccc(F)c(Cl)c2)c(C)n1. The molecule has 0 aliphatic rings. The average Bonchev–Trinajstić information content (AvgIpc) is 3.18. The predicted molar refractivity (Wildman–Crippen MR) is 108 cm³/mol. The highest BCUT2D eigenvalue weighted by Gasteiger charge is 2.33. The Hall–Kier alpha value is -3.41. The van der Waals surface area contributed by atoms with Crippen molar-refractivity contribution >= 4 is 29.0 Å². The fourth-order valence-corrected chi connectivity index (χ4v) is 3.11. The van der Waals surface area contributed by atoms with E-state index >= 15 is 0 Å². The van der Waals surface area contributed by atoms with E-state index in [2.05, 4.69) is 20.4 Å². The largest absolute Gasteiger partial charge is 0.467 e. The van der Waals surface area contributed by atoms with Gasteiger partial charge in [-0.15, -0.1) is 0 Å². The lowest BCUT2D eigenvalue weighted by Crippen LogP contribution is -2.36. The maximum absolute atomic E-state index is 13.4. The molecular weight excluding hydrogens is 456 g/mol. The molecule has 0 radical (unpaired) electrons. The van der Waals surface area contributed by atoms with Gasteiger partial charge in [-0.1, -0.05) is 11.6 Å². The molecule has 0 atom stereocenters. The van der Waals surface area contributed by atoms with Crippen LogP contribution in [-0.2, 0) is 12.7 Å². The summed E-state index contributed by atoms with van der Waals surface area (Å²) in [4.78, 5) is 22.5. The molecule has 0 saturated carbocycles. The summed E-state index contributed by atoms with van der Waals surface area (Å²) in [5, 5.41) is 7.89. The number of aromatic amines is 1. The highest BCUT2D eigenvalue weighted by atomic mass is 35.5. The van der Waals surface area contributed by atoms with Crippen molar-refractivity contribution in [1.29, 1.82) is 0 Å². The van der Waals surface area contributed by atoms with Crippen molar-refractivity contribution in [1.82, 2.24) is 20.2 Å². The van der Waals surface area contributed by atoms with Gasteiger partial charge < -0.3 is 10.1 Å². The van der Waals surface area contributed by atoms with E-state index in [1.807, 2.05) is 5.10 Å². The van der Waals surface area contributed by atoms with E-state index < -0.39 is 23.7 Å². The highest BCUT2D eigenvalue weighted by Crippen LogP contribution is 2.30. The van der Waals surface area contributed by atoms with Crippen LogP contribution in [0.2, 0.25) is 5.02 Å². The second kappa shape index (κ2) is 8.99. The lowest BCUT2D eigenvalue weighted by molar-refractivity contribution is -0.141. The molecule has 2 heterocycles. The van der Waals surface area contributed by atoms with Gasteiger partial charge in [0.15, 0.2) is 0 Å². The predicted octanol–water partition coefficient (Wildman–Crippen LogP) is 4.88. The number of rotatable bonds is 5. The highest BCUT2D eigenvalue weighted by molar-refractivity contribution is 6.31. The Morgan fingerprint density at radius 3 is 2.41 bits per heavy atom. The van der Waals surface area contributed by atoms with Gasteiger partial charge in [0.2, 0.25) is 0 Å². The number of alkyl halides is 3. The summed E-state index contributed by atoms with van der Waals surface area (Å²) in [5.41, 5.74) is -0.0134. The van der Waals surface area contributed by atoms with Crippen molar-refractivity contribution in [2.45, 2.75) is 26.6 Å². The molecule has 170 valence electrons. The van der Waals surface area contributed by atoms with Gasteiger partial charge in [-0.3, -0.25) is 10.00 Å². The molecule has 2 aromatic heterocycles. The Kier molecular flexibility index (Phi) is 6.53. The molecule has 0 aliphatic carbocycles. The van der Waals surface area contributed by atoms with Gasteiger partial charge in [0.05, 0.1) is 41.4 Å². The molecule has 13 heteroatoms. The Bertz CT molecular complexity index is 1130. The van der Waals surface area contributed by atoms with Crippen LogP contribution in [0.3, 0.4) is 0 Å². The number of amides is 2. The first-order valence-corrected chi connectivity index (χ1v) is 9.41. The van der Waals surface area contributed by atoms with Crippen LogP contribution in [0.1, 0.15) is 22.8 Å². The van der Waals surface area contributed by atoms with Crippen molar-refractivity contribution in [2.75, 3.05) is 17.3 Å². The number of hydrogen-bond acceptors (Lipinski definition) is 5. The lowest BCUT2D eigenvalue weighted by atomic mass is 10.2. The molecule has 0 saturated heterocycles. The van der Waals surface area contributed by atoms with Crippen molar-refractivity contribution < 1.29 is 27.1 Å². The number of urea groups is 1. The number of aryl methyl sites for hydroxylation is 2. The van der Waals surface area contributed by atoms with Crippen molar-refractivity contribution in [2.24, 2.45) is 0 Å². The van der Waals surface area contributed by atoms with Crippen LogP contribution >= 0.6 is 11.6 Å². The summed E-state index contributed by atoms with van der Waals surface area (Å²) < 4.78 is 57.3. The molecule has 2 amide bonds. The minimum Gasteiger partial charge on any atom is -0.467 e. The molecule has 1 aromatic carbocycles. The van der Waals surface area contributed by atoms with Gasteiger partial charge in [-0.05, 0) is 38.1 Å². The number of halogens is 5. The quantitative estimate of drug-likeness (QED) is 0.516. The minimum atomic E-state index is -4.63. The normalized spacial score (nSPS) is 11.4. The van der Waals surface area contributed by atoms with Crippen LogP contribution in [0.5, 0.6) is 6.01 Å². The molecule has 3 aromatic rings. The van der Waals surface area contributed by atoms with Crippen LogP contribution in [0, 0.1) is 19.7 Å². The minimum absolute atomic E-state index is 0.0563. The maximum atomic E-state index is 13.4. The Labute approximate surface area is 184 Å². The smallest absolute Gasteiger partial charge is 0.432 e. The molecule has 32 heavy (non-hydrogen) atoms. The Morgan fingerprint density at radius 2 is 1.88 bits per heavy atom. The van der Waals surface area contributed by atoms with Crippen molar-refractivity contribution in [3.8, 4) is 6.01 Å². The van der Waals surface area contributed by atoms with Gasteiger partial charge in [-0.25, -0.2) is 9.18 Å². The van der Waals surface area contributed by atoms with Crippen LogP contribution in [0.25, 0.3) is 0 Å². The standard InChI is InChI=1S/C19H17ClF4N6O2/c1-9-16(10(2)26-17(25-9)32-3)30(8-12-7-15(29-28-12)19(22,23)24)18(31)27-11-4-5-14(21)13(20)6-11/h4-7H,8H2,1-3H3,(H,27,31)(H,28,29). The third kappa shape index (κ3) is 5.07. The molecule has 0 unspecified atom stereocenters. The maximum Gasteiger partial charge on any atom is 0.432 e. The number of carbonyl (C=O) groups is 1. The zero-order valence-electron chi connectivity index (χ0n) is 17.0. The average molecular weight is 473 g/mol. The molecule has 2 N–H and O–H groups in total. The summed E-state index contributed by atoms with van der Waals surface area (Å²) in [5.74, 6) is -0.673. The number of methoxy groups -OCH3 is 1. The van der Waals surface area contributed by atoms with E-state index in [0.29, 0.717) is 11.4 Å². The number of nitrogens with one attached hydrogen (secondary N) is 2. The van der Waals surface area contributed by atoms with Crippen molar-refractivity contribution in [3.63, 3.8) is 0 Å². The van der Waals surface area contributed by atoms with Crippen LogP contribution in [-0.4, -0.2) is 33.3 Å². The second-order valence-electron chi connectivity index (χ2n) is 6.65. The summed E-state index contributed by atoms with van der Waals surface area (Å²) in [7, 11) is 1.37. The number of nitrogens with zero attached hydrogens (tertiary/aromatic N) is 4. The number of aromatic nitrogens is 4. The van der Waals surface area contributed by atoms with Crippen molar-refractivity contribution in [3.05, 3.63) is 57.9 Å². The first-order chi connectivity index (χ1) is 15.0. The topological polar surface area (TPSA) is 96.0 Å². The molecule has 8 nitrogen and oxygen atoms in total. The van der Waals surface area contributed by atoms with Gasteiger partial charge >= 0.3 is 18.2 Å².